The normalized spacial score (nSPS) is 16.0. The highest BCUT2D eigenvalue weighted by Crippen LogP contribution is 2.23. The SMILES string of the molecule is C#CCC(NC(=O)[C@H](CCC(=O)O)NC(=O)[C@H](CC(C)C)NC(=O)[C@@H]1CCCN1C(=O)[C@H](CCC(=O)O)NC(=O)[C@H](CC(=O)O)NC(=O)[C@H](Cc1ccc(O)cc1)NC(=O)[C@@H](N)C(N=[N+]=[N-])c1ccccc1)C(N)=O. The second-order valence-electron chi connectivity index (χ2n) is 17.9. The molecule has 0 radical (unpaired) electrons. The van der Waals surface area contributed by atoms with Crippen molar-refractivity contribution in [2.45, 2.75) is 132 Å². The monoisotopic (exact) mass is 1050 g/mol. The van der Waals surface area contributed by atoms with Crippen LogP contribution in [0.1, 0.15) is 88.8 Å². The molecule has 1 aliphatic heterocycles. The molecule has 0 aliphatic carbocycles. The molecular formula is C48H62N12O15. The summed E-state index contributed by atoms with van der Waals surface area (Å²) in [6, 6.07) is -0.486. The number of azide groups is 1. The Labute approximate surface area is 429 Å². The highest BCUT2D eigenvalue weighted by molar-refractivity contribution is 5.99. The molecule has 0 aromatic heterocycles. The summed E-state index contributed by atoms with van der Waals surface area (Å²) in [5.74, 6) is -10.8. The van der Waals surface area contributed by atoms with Crippen LogP contribution in [0.4, 0.5) is 0 Å². The third-order valence-corrected chi connectivity index (χ3v) is 11.7. The van der Waals surface area contributed by atoms with Crippen molar-refractivity contribution in [3.8, 4) is 18.1 Å². The summed E-state index contributed by atoms with van der Waals surface area (Å²) in [6.07, 6.45) is 1.30. The number of rotatable bonds is 30. The number of nitrogens with zero attached hydrogens (tertiary/aromatic N) is 4. The lowest BCUT2D eigenvalue weighted by molar-refractivity contribution is -0.144. The van der Waals surface area contributed by atoms with Crippen molar-refractivity contribution in [3.63, 3.8) is 0 Å². The lowest BCUT2D eigenvalue weighted by Gasteiger charge is -2.31. The van der Waals surface area contributed by atoms with Crippen LogP contribution in [0, 0.1) is 18.3 Å². The highest BCUT2D eigenvalue weighted by atomic mass is 16.4. The quantitative estimate of drug-likeness (QED) is 0.0193. The van der Waals surface area contributed by atoms with Gasteiger partial charge in [-0.2, -0.15) is 0 Å². The second kappa shape index (κ2) is 29.7. The van der Waals surface area contributed by atoms with Crippen LogP contribution >= 0.6 is 0 Å². The molecule has 2 unspecified atom stereocenters. The molecule has 1 fully saturated rings. The topological polar surface area (TPSA) is 445 Å². The molecule has 27 nitrogen and oxygen atoms in total. The summed E-state index contributed by atoms with van der Waals surface area (Å²) >= 11 is 0. The number of amides is 8. The molecule has 1 aliphatic rings. The maximum Gasteiger partial charge on any atom is 0.305 e. The predicted molar refractivity (Wildman–Crippen MR) is 263 cm³/mol. The van der Waals surface area contributed by atoms with Gasteiger partial charge in [0.25, 0.3) is 0 Å². The standard InChI is InChI=1S/C48H62N12O15/c1-4-9-29(41(50)68)52-42(69)30(17-19-36(62)63)53-43(70)32(22-25(2)3)56-46(73)35-12-8-21-60(35)48(75)31(18-20-37(64)65)54-45(72)34(24-38(66)67)55-44(71)33(23-26-13-15-28(61)16-14-26)57-47(74)39(49)40(58-59-51)27-10-6-5-7-11-27/h1,5-7,10-11,13-16,25,29-35,39-40,61H,8-9,12,17-24,49H2,2-3H3,(H2,50,68)(H,52,69)(H,53,70)(H,54,72)(H,55,71)(H,56,73)(H,57,74)(H,62,63)(H,64,65)(H,66,67)/t29?,30-,31-,32-,33-,34-,35-,39-,40?/m0/s1. The number of carbonyl (C=O) groups is 11. The number of likely N-dealkylation sites (tertiary alicyclic amines) is 1. The van der Waals surface area contributed by atoms with Gasteiger partial charge >= 0.3 is 17.9 Å². The maximum absolute atomic E-state index is 14.3. The molecule has 1 saturated heterocycles. The van der Waals surface area contributed by atoms with E-state index in [2.05, 4.69) is 47.8 Å². The molecule has 9 atom stereocenters. The van der Waals surface area contributed by atoms with Gasteiger partial charge in [-0.05, 0) is 66.8 Å². The lowest BCUT2D eigenvalue weighted by atomic mass is 9.98. The van der Waals surface area contributed by atoms with E-state index in [1.165, 1.54) is 24.3 Å². The third kappa shape index (κ3) is 19.6. The predicted octanol–water partition coefficient (Wildman–Crippen LogP) is -1.03. The van der Waals surface area contributed by atoms with E-state index >= 15 is 0 Å². The number of phenols is 1. The fraction of sp³-hybridized carbons (Fsp3) is 0.479. The average Bonchev–Trinajstić information content (AvgIpc) is 3.85. The first-order valence-corrected chi connectivity index (χ1v) is 23.6. The molecule has 0 bridgehead atoms. The smallest absolute Gasteiger partial charge is 0.305 e. The summed E-state index contributed by atoms with van der Waals surface area (Å²) < 4.78 is 0. The number of nitrogens with one attached hydrogen (secondary N) is 6. The van der Waals surface area contributed by atoms with Crippen molar-refractivity contribution >= 4 is 65.2 Å². The van der Waals surface area contributed by atoms with E-state index in [-0.39, 0.29) is 50.3 Å². The third-order valence-electron chi connectivity index (χ3n) is 11.7. The fourth-order valence-electron chi connectivity index (χ4n) is 7.89. The van der Waals surface area contributed by atoms with Crippen LogP contribution in [-0.2, 0) is 59.2 Å². The highest BCUT2D eigenvalue weighted by Gasteiger charge is 2.41. The van der Waals surface area contributed by atoms with E-state index in [0.29, 0.717) is 11.1 Å². The van der Waals surface area contributed by atoms with E-state index in [0.717, 1.165) is 4.90 Å². The minimum Gasteiger partial charge on any atom is -0.508 e. The number of benzene rings is 2. The zero-order valence-corrected chi connectivity index (χ0v) is 41.0. The first kappa shape index (κ1) is 60.5. The summed E-state index contributed by atoms with van der Waals surface area (Å²) in [5.41, 5.74) is 21.5. The molecule has 1 heterocycles. The van der Waals surface area contributed by atoms with E-state index in [4.69, 9.17) is 17.9 Å². The number of nitrogens with two attached hydrogens (primary N) is 2. The zero-order chi connectivity index (χ0) is 55.9. The Kier molecular flexibility index (Phi) is 24.0. The van der Waals surface area contributed by atoms with Crippen LogP contribution in [0.5, 0.6) is 5.75 Å². The number of phenolic OH excluding ortho intramolecular Hbond substituents is 1. The van der Waals surface area contributed by atoms with Gasteiger partial charge in [0, 0.05) is 37.1 Å². The van der Waals surface area contributed by atoms with Gasteiger partial charge in [-0.25, -0.2) is 0 Å². The van der Waals surface area contributed by atoms with E-state index in [1.54, 1.807) is 44.2 Å². The molecule has 27 heteroatoms. The number of hydrogen-bond acceptors (Lipinski definition) is 14. The average molecular weight is 1050 g/mol. The number of primary amides is 1. The molecule has 8 amide bonds. The first-order valence-electron chi connectivity index (χ1n) is 23.6. The van der Waals surface area contributed by atoms with Crippen molar-refractivity contribution in [3.05, 3.63) is 76.2 Å². The Morgan fingerprint density at radius 1 is 0.733 bits per heavy atom. The fourth-order valence-corrected chi connectivity index (χ4v) is 7.89. The number of carbonyl (C=O) groups excluding carboxylic acids is 8. The van der Waals surface area contributed by atoms with Crippen molar-refractivity contribution < 1.29 is 73.2 Å². The van der Waals surface area contributed by atoms with Crippen LogP contribution in [-0.4, -0.2) is 145 Å². The van der Waals surface area contributed by atoms with Gasteiger partial charge < -0.3 is 68.7 Å². The maximum atomic E-state index is 14.3. The lowest BCUT2D eigenvalue weighted by Crippen LogP contribution is -2.60. The largest absolute Gasteiger partial charge is 0.508 e. The number of aliphatic carboxylic acids is 3. The van der Waals surface area contributed by atoms with Gasteiger partial charge in [0.1, 0.15) is 48.0 Å². The van der Waals surface area contributed by atoms with Gasteiger partial charge in [0.2, 0.25) is 47.3 Å². The van der Waals surface area contributed by atoms with Gasteiger partial charge in [-0.15, -0.1) is 12.3 Å². The van der Waals surface area contributed by atoms with Crippen LogP contribution in [0.25, 0.3) is 10.4 Å². The van der Waals surface area contributed by atoms with Crippen molar-refractivity contribution in [1.82, 2.24) is 36.8 Å². The van der Waals surface area contributed by atoms with Gasteiger partial charge in [0.05, 0.1) is 18.5 Å². The summed E-state index contributed by atoms with van der Waals surface area (Å²) in [7, 11) is 0. The zero-order valence-electron chi connectivity index (χ0n) is 41.0. The van der Waals surface area contributed by atoms with Crippen molar-refractivity contribution in [2.24, 2.45) is 22.5 Å². The van der Waals surface area contributed by atoms with Gasteiger partial charge in [0.15, 0.2) is 0 Å². The molecular weight excluding hydrogens is 985 g/mol. The van der Waals surface area contributed by atoms with Gasteiger partial charge in [-0.1, -0.05) is 61.4 Å². The Bertz CT molecular complexity index is 2500. The number of carboxylic acid groups (broad SMARTS) is 3. The van der Waals surface area contributed by atoms with Crippen LogP contribution in [0.15, 0.2) is 59.7 Å². The Balaban J connectivity index is 1.90. The van der Waals surface area contributed by atoms with Crippen LogP contribution in [0.2, 0.25) is 0 Å². The van der Waals surface area contributed by atoms with E-state index in [9.17, 15) is 78.7 Å². The first-order chi connectivity index (χ1) is 35.4. The van der Waals surface area contributed by atoms with E-state index < -0.39 is 152 Å². The Morgan fingerprint density at radius 3 is 1.83 bits per heavy atom. The molecule has 2 aromatic carbocycles. The second-order valence-corrected chi connectivity index (χ2v) is 17.9. The molecule has 404 valence electrons. The molecule has 0 spiro atoms. The minimum atomic E-state index is -1.99. The Hall–Kier alpha value is -8.76. The van der Waals surface area contributed by atoms with Crippen molar-refractivity contribution in [2.75, 3.05) is 6.54 Å². The molecule has 2 aromatic rings. The number of aromatic hydroxyl groups is 1. The number of carboxylic acids is 3. The molecule has 14 N–H and O–H groups in total. The number of terminal acetylenes is 1. The molecule has 0 saturated carbocycles. The summed E-state index contributed by atoms with van der Waals surface area (Å²) in [4.78, 5) is 148. The van der Waals surface area contributed by atoms with Crippen LogP contribution < -0.4 is 43.4 Å². The molecule has 75 heavy (non-hydrogen) atoms. The summed E-state index contributed by atoms with van der Waals surface area (Å²) in [6.45, 7) is 3.29. The Morgan fingerprint density at radius 2 is 1.27 bits per heavy atom. The minimum absolute atomic E-state index is 0.00493. The van der Waals surface area contributed by atoms with Crippen LogP contribution in [0.3, 0.4) is 0 Å². The van der Waals surface area contributed by atoms with Crippen molar-refractivity contribution in [1.29, 1.82) is 0 Å². The summed E-state index contributed by atoms with van der Waals surface area (Å²) in [5, 5.41) is 56.6. The molecule has 3 rings (SSSR count). The number of hydrogen-bond donors (Lipinski definition) is 12. The van der Waals surface area contributed by atoms with E-state index in [1.807, 2.05) is 0 Å². The van der Waals surface area contributed by atoms with Gasteiger partial charge in [-0.3, -0.25) is 52.7 Å².